The summed E-state index contributed by atoms with van der Waals surface area (Å²) in [5.74, 6) is -0.0311. The molecule has 0 atom stereocenters. The molecule has 1 aromatic heterocycles. The van der Waals surface area contributed by atoms with Crippen molar-refractivity contribution < 1.29 is 9.53 Å². The maximum Gasteiger partial charge on any atom is 0.363 e. The Morgan fingerprint density at radius 2 is 1.83 bits per heavy atom. The lowest BCUT2D eigenvalue weighted by Crippen LogP contribution is -2.06. The van der Waals surface area contributed by atoms with E-state index < -0.39 is 5.97 Å². The molecule has 0 saturated heterocycles. The number of hydrogen-bond acceptors (Lipinski definition) is 5. The van der Waals surface area contributed by atoms with Crippen molar-refractivity contribution in [1.29, 1.82) is 0 Å². The number of aliphatic imine (C=N–C) groups is 1. The van der Waals surface area contributed by atoms with Gasteiger partial charge in [-0.2, -0.15) is 0 Å². The zero-order valence-corrected chi connectivity index (χ0v) is 14.4. The quantitative estimate of drug-likeness (QED) is 0.637. The second-order valence-electron chi connectivity index (χ2n) is 5.78. The Balaban J connectivity index is 1.92. The van der Waals surface area contributed by atoms with Crippen LogP contribution in [0.5, 0.6) is 0 Å². The fourth-order valence-electron chi connectivity index (χ4n) is 2.43. The van der Waals surface area contributed by atoms with Crippen LogP contribution >= 0.6 is 11.3 Å². The summed E-state index contributed by atoms with van der Waals surface area (Å²) in [6, 6.07) is 10.0. The van der Waals surface area contributed by atoms with Gasteiger partial charge in [0.05, 0.1) is 5.00 Å². The fourth-order valence-corrected chi connectivity index (χ4v) is 3.29. The molecule has 1 aromatic carbocycles. The van der Waals surface area contributed by atoms with Crippen LogP contribution in [0.2, 0.25) is 0 Å². The van der Waals surface area contributed by atoms with Gasteiger partial charge in [0.15, 0.2) is 5.70 Å². The second-order valence-corrected chi connectivity index (χ2v) is 6.88. The SMILES string of the molecule is Cc1cc(C)cc(C2=N/C(=C/c3ccc(N(C)C)s3)C(=O)O2)c1. The number of anilines is 1. The van der Waals surface area contributed by atoms with E-state index in [2.05, 4.69) is 11.1 Å². The number of aryl methyl sites for hydroxylation is 2. The van der Waals surface area contributed by atoms with E-state index in [4.69, 9.17) is 4.74 Å². The van der Waals surface area contributed by atoms with E-state index in [1.54, 1.807) is 17.4 Å². The molecule has 2 aromatic rings. The Hall–Kier alpha value is -2.40. The number of hydrogen-bond donors (Lipinski definition) is 0. The van der Waals surface area contributed by atoms with Crippen LogP contribution in [0.15, 0.2) is 41.0 Å². The summed E-state index contributed by atoms with van der Waals surface area (Å²) in [5, 5.41) is 1.13. The maximum absolute atomic E-state index is 12.1. The fraction of sp³-hybridized carbons (Fsp3) is 0.222. The van der Waals surface area contributed by atoms with E-state index >= 15 is 0 Å². The van der Waals surface area contributed by atoms with Crippen LogP contribution in [0.1, 0.15) is 21.6 Å². The number of thiophene rings is 1. The van der Waals surface area contributed by atoms with E-state index in [1.807, 2.05) is 57.1 Å². The first-order valence-corrected chi connectivity index (χ1v) is 8.12. The molecule has 3 rings (SSSR count). The van der Waals surface area contributed by atoms with E-state index in [1.165, 1.54) is 0 Å². The van der Waals surface area contributed by atoms with Gasteiger partial charge in [-0.3, -0.25) is 0 Å². The second kappa shape index (κ2) is 6.01. The molecule has 5 heteroatoms. The molecular weight excluding hydrogens is 308 g/mol. The van der Waals surface area contributed by atoms with Gasteiger partial charge in [-0.05, 0) is 44.2 Å². The molecule has 4 nitrogen and oxygen atoms in total. The van der Waals surface area contributed by atoms with Gasteiger partial charge in [-0.25, -0.2) is 9.79 Å². The molecule has 1 aliphatic rings. The smallest absolute Gasteiger partial charge is 0.363 e. The number of benzene rings is 1. The van der Waals surface area contributed by atoms with Gasteiger partial charge in [0.2, 0.25) is 5.90 Å². The highest BCUT2D eigenvalue weighted by Gasteiger charge is 2.24. The van der Waals surface area contributed by atoms with Crippen LogP contribution in [-0.4, -0.2) is 26.0 Å². The average molecular weight is 326 g/mol. The highest BCUT2D eigenvalue weighted by molar-refractivity contribution is 7.16. The minimum absolute atomic E-state index is 0.339. The molecule has 0 saturated carbocycles. The number of carbonyl (C=O) groups is 1. The lowest BCUT2D eigenvalue weighted by molar-refractivity contribution is -0.129. The minimum atomic E-state index is -0.404. The van der Waals surface area contributed by atoms with Gasteiger partial charge in [0.25, 0.3) is 0 Å². The van der Waals surface area contributed by atoms with E-state index in [0.717, 1.165) is 26.6 Å². The van der Waals surface area contributed by atoms with Crippen LogP contribution in [0.4, 0.5) is 5.00 Å². The number of esters is 1. The summed E-state index contributed by atoms with van der Waals surface area (Å²) < 4.78 is 5.33. The predicted molar refractivity (Wildman–Crippen MR) is 95.2 cm³/mol. The summed E-state index contributed by atoms with van der Waals surface area (Å²) in [5.41, 5.74) is 3.40. The van der Waals surface area contributed by atoms with Crippen molar-refractivity contribution in [3.05, 3.63) is 57.6 Å². The lowest BCUT2D eigenvalue weighted by atomic mass is 10.1. The van der Waals surface area contributed by atoms with Crippen LogP contribution in [-0.2, 0) is 9.53 Å². The van der Waals surface area contributed by atoms with Crippen LogP contribution in [0, 0.1) is 13.8 Å². The molecule has 0 aliphatic carbocycles. The molecule has 0 unspecified atom stereocenters. The Morgan fingerprint density at radius 1 is 1.13 bits per heavy atom. The van der Waals surface area contributed by atoms with Gasteiger partial charge < -0.3 is 9.64 Å². The average Bonchev–Trinajstić information content (AvgIpc) is 3.06. The molecule has 2 heterocycles. The van der Waals surface area contributed by atoms with Crippen LogP contribution in [0.3, 0.4) is 0 Å². The normalized spacial score (nSPS) is 15.7. The summed E-state index contributed by atoms with van der Waals surface area (Å²) in [6.45, 7) is 4.03. The standard InChI is InChI=1S/C18H18N2O2S/c1-11-7-12(2)9-13(8-11)17-19-15(18(21)22-17)10-14-5-6-16(23-14)20(3)4/h5-10H,1-4H3/b15-10+. The summed E-state index contributed by atoms with van der Waals surface area (Å²) in [4.78, 5) is 19.4. The molecule has 23 heavy (non-hydrogen) atoms. The number of carbonyl (C=O) groups excluding carboxylic acids is 1. The van der Waals surface area contributed by atoms with Crippen molar-refractivity contribution in [3.63, 3.8) is 0 Å². The zero-order valence-electron chi connectivity index (χ0n) is 13.6. The third-order valence-corrected chi connectivity index (χ3v) is 4.62. The molecule has 1 aliphatic heterocycles. The molecule has 0 N–H and O–H groups in total. The van der Waals surface area contributed by atoms with Crippen LogP contribution in [0.25, 0.3) is 6.08 Å². The van der Waals surface area contributed by atoms with Crippen molar-refractivity contribution in [3.8, 4) is 0 Å². The van der Waals surface area contributed by atoms with Gasteiger partial charge >= 0.3 is 5.97 Å². The first kappa shape index (κ1) is 15.5. The molecule has 0 spiro atoms. The van der Waals surface area contributed by atoms with Gasteiger partial charge in [-0.1, -0.05) is 17.2 Å². The third kappa shape index (κ3) is 3.35. The zero-order chi connectivity index (χ0) is 16.6. The largest absolute Gasteiger partial charge is 0.402 e. The molecule has 0 fully saturated rings. The molecule has 0 radical (unpaired) electrons. The van der Waals surface area contributed by atoms with Gasteiger partial charge in [0.1, 0.15) is 0 Å². The van der Waals surface area contributed by atoms with Gasteiger partial charge in [0, 0.05) is 24.5 Å². The molecule has 0 amide bonds. The number of ether oxygens (including phenoxy) is 1. The van der Waals surface area contributed by atoms with E-state index in [0.29, 0.717) is 11.6 Å². The predicted octanol–water partition coefficient (Wildman–Crippen LogP) is 3.78. The van der Waals surface area contributed by atoms with Gasteiger partial charge in [-0.15, -0.1) is 11.3 Å². The number of rotatable bonds is 3. The molecular formula is C18H18N2O2S. The van der Waals surface area contributed by atoms with Crippen molar-refractivity contribution in [2.45, 2.75) is 13.8 Å². The number of nitrogens with zero attached hydrogens (tertiary/aromatic N) is 2. The Bertz CT molecular complexity index is 811. The van der Waals surface area contributed by atoms with E-state index in [9.17, 15) is 4.79 Å². The first-order valence-electron chi connectivity index (χ1n) is 7.31. The molecule has 0 bridgehead atoms. The minimum Gasteiger partial charge on any atom is -0.402 e. The molecule has 118 valence electrons. The van der Waals surface area contributed by atoms with Crippen molar-refractivity contribution in [2.75, 3.05) is 19.0 Å². The highest BCUT2D eigenvalue weighted by atomic mass is 32.1. The maximum atomic E-state index is 12.1. The first-order chi connectivity index (χ1) is 10.9. The lowest BCUT2D eigenvalue weighted by Gasteiger charge is -2.06. The van der Waals surface area contributed by atoms with Crippen molar-refractivity contribution >= 4 is 34.3 Å². The van der Waals surface area contributed by atoms with Crippen molar-refractivity contribution in [2.24, 2.45) is 4.99 Å². The highest BCUT2D eigenvalue weighted by Crippen LogP contribution is 2.28. The Kier molecular flexibility index (Phi) is 4.05. The topological polar surface area (TPSA) is 41.9 Å². The monoisotopic (exact) mass is 326 g/mol. The summed E-state index contributed by atoms with van der Waals surface area (Å²) in [6.07, 6.45) is 1.77. The summed E-state index contributed by atoms with van der Waals surface area (Å²) >= 11 is 1.60. The van der Waals surface area contributed by atoms with Crippen molar-refractivity contribution in [1.82, 2.24) is 0 Å². The Morgan fingerprint density at radius 3 is 2.43 bits per heavy atom. The van der Waals surface area contributed by atoms with E-state index in [-0.39, 0.29) is 0 Å². The van der Waals surface area contributed by atoms with Crippen LogP contribution < -0.4 is 4.90 Å². The number of cyclic esters (lactones) is 1. The third-order valence-electron chi connectivity index (χ3n) is 3.42. The summed E-state index contributed by atoms with van der Waals surface area (Å²) in [7, 11) is 3.98. The Labute approximate surface area is 139 Å².